The molecule has 0 spiro atoms. The smallest absolute Gasteiger partial charge is 0.408 e. The predicted molar refractivity (Wildman–Crippen MR) is 118 cm³/mol. The van der Waals surface area contributed by atoms with Crippen LogP contribution in [0, 0.1) is 0 Å². The third kappa shape index (κ3) is 4.75. The minimum atomic E-state index is -1.50. The van der Waals surface area contributed by atoms with E-state index in [4.69, 9.17) is 9.47 Å². The fourth-order valence-electron chi connectivity index (χ4n) is 3.96. The Balaban J connectivity index is 1.70. The summed E-state index contributed by atoms with van der Waals surface area (Å²) >= 11 is 0. The molecular formula is C24H28N2O6. The number of nitrogens with one attached hydrogen (secondary N) is 2. The zero-order valence-electron chi connectivity index (χ0n) is 18.4. The molecule has 3 rings (SSSR count). The number of methoxy groups -OCH3 is 1. The van der Waals surface area contributed by atoms with E-state index in [0.717, 1.165) is 22.3 Å². The van der Waals surface area contributed by atoms with Gasteiger partial charge in [0.1, 0.15) is 18.2 Å². The van der Waals surface area contributed by atoms with Gasteiger partial charge in [0.25, 0.3) is 0 Å². The van der Waals surface area contributed by atoms with E-state index in [-0.39, 0.29) is 25.6 Å². The van der Waals surface area contributed by atoms with Gasteiger partial charge >= 0.3 is 12.1 Å². The molecule has 2 atom stereocenters. The van der Waals surface area contributed by atoms with E-state index in [9.17, 15) is 19.5 Å². The van der Waals surface area contributed by atoms with Crippen molar-refractivity contribution >= 4 is 18.0 Å². The molecule has 2 unspecified atom stereocenters. The maximum Gasteiger partial charge on any atom is 0.408 e. The Labute approximate surface area is 186 Å². The Bertz CT molecular complexity index is 962. The summed E-state index contributed by atoms with van der Waals surface area (Å²) in [5, 5.41) is 14.2. The van der Waals surface area contributed by atoms with Crippen LogP contribution in [0.15, 0.2) is 48.5 Å². The Morgan fingerprint density at radius 2 is 1.62 bits per heavy atom. The molecule has 0 bridgehead atoms. The highest BCUT2D eigenvalue weighted by molar-refractivity contribution is 5.92. The Kier molecular flexibility index (Phi) is 7.15. The van der Waals surface area contributed by atoms with Gasteiger partial charge < -0.3 is 25.2 Å². The van der Waals surface area contributed by atoms with E-state index in [2.05, 4.69) is 10.6 Å². The molecule has 0 radical (unpaired) electrons. The first kappa shape index (κ1) is 23.3. The van der Waals surface area contributed by atoms with Gasteiger partial charge in [-0.3, -0.25) is 4.79 Å². The monoisotopic (exact) mass is 440 g/mol. The van der Waals surface area contributed by atoms with Crippen LogP contribution in [0.3, 0.4) is 0 Å². The van der Waals surface area contributed by atoms with Gasteiger partial charge in [0.05, 0.1) is 6.61 Å². The molecule has 170 valence electrons. The average Bonchev–Trinajstić information content (AvgIpc) is 3.09. The Morgan fingerprint density at radius 1 is 1.06 bits per heavy atom. The van der Waals surface area contributed by atoms with Crippen molar-refractivity contribution in [3.8, 4) is 11.1 Å². The number of carboxylic acids is 1. The van der Waals surface area contributed by atoms with E-state index in [0.29, 0.717) is 0 Å². The van der Waals surface area contributed by atoms with Crippen LogP contribution in [0.25, 0.3) is 11.1 Å². The van der Waals surface area contributed by atoms with Crippen molar-refractivity contribution in [2.75, 3.05) is 20.3 Å². The number of fused-ring (bicyclic) bond motifs is 3. The molecule has 0 saturated carbocycles. The van der Waals surface area contributed by atoms with Crippen LogP contribution in [0.5, 0.6) is 0 Å². The third-order valence-corrected chi connectivity index (χ3v) is 5.67. The number of aliphatic carboxylic acids is 1. The number of alkyl carbamates (subject to hydrolysis) is 1. The number of amides is 2. The molecule has 0 heterocycles. The highest BCUT2D eigenvalue weighted by atomic mass is 16.5. The molecule has 0 fully saturated rings. The topological polar surface area (TPSA) is 114 Å². The summed E-state index contributed by atoms with van der Waals surface area (Å²) < 4.78 is 10.6. The standard InChI is InChI=1S/C24H28N2O6/c1-4-20(21(27)28)25-22(29)24(2,14-31-3)26-23(30)32-13-19-17-11-7-5-9-15(17)16-10-6-8-12-18(16)19/h5-12,19-20H,4,13-14H2,1-3H3,(H,25,29)(H,26,30)(H,27,28). The summed E-state index contributed by atoms with van der Waals surface area (Å²) in [6, 6.07) is 14.9. The molecule has 8 heteroatoms. The lowest BCUT2D eigenvalue weighted by Gasteiger charge is -2.29. The second kappa shape index (κ2) is 9.82. The quantitative estimate of drug-likeness (QED) is 0.553. The summed E-state index contributed by atoms with van der Waals surface area (Å²) in [6.07, 6.45) is -0.584. The van der Waals surface area contributed by atoms with Crippen LogP contribution in [0.1, 0.15) is 37.3 Å². The SMILES string of the molecule is CCC(NC(=O)C(C)(COC)NC(=O)OCC1c2ccccc2-c2ccccc21)C(=O)O. The number of ether oxygens (including phenoxy) is 2. The molecular weight excluding hydrogens is 412 g/mol. The van der Waals surface area contributed by atoms with Crippen LogP contribution in [-0.2, 0) is 19.1 Å². The molecule has 32 heavy (non-hydrogen) atoms. The van der Waals surface area contributed by atoms with Crippen molar-refractivity contribution in [2.45, 2.75) is 37.8 Å². The Morgan fingerprint density at radius 3 is 2.12 bits per heavy atom. The summed E-state index contributed by atoms with van der Waals surface area (Å²) in [4.78, 5) is 36.6. The molecule has 3 N–H and O–H groups in total. The first-order chi connectivity index (χ1) is 15.3. The molecule has 0 aliphatic heterocycles. The van der Waals surface area contributed by atoms with E-state index in [1.807, 2.05) is 48.5 Å². The van der Waals surface area contributed by atoms with Gasteiger partial charge in [0.2, 0.25) is 5.91 Å². The summed E-state index contributed by atoms with van der Waals surface area (Å²) in [5.41, 5.74) is 2.87. The fraction of sp³-hybridized carbons (Fsp3) is 0.375. The Hall–Kier alpha value is -3.39. The van der Waals surface area contributed by atoms with Crippen molar-refractivity contribution in [3.63, 3.8) is 0 Å². The maximum atomic E-state index is 12.7. The zero-order valence-corrected chi connectivity index (χ0v) is 18.4. The highest BCUT2D eigenvalue weighted by Gasteiger charge is 2.38. The van der Waals surface area contributed by atoms with Gasteiger partial charge in [-0.05, 0) is 35.6 Å². The number of rotatable bonds is 9. The number of benzene rings is 2. The van der Waals surface area contributed by atoms with Gasteiger partial charge in [-0.15, -0.1) is 0 Å². The zero-order chi connectivity index (χ0) is 23.3. The van der Waals surface area contributed by atoms with Gasteiger partial charge in [-0.1, -0.05) is 55.5 Å². The van der Waals surface area contributed by atoms with Gasteiger partial charge in [0.15, 0.2) is 0 Å². The minimum Gasteiger partial charge on any atom is -0.480 e. The third-order valence-electron chi connectivity index (χ3n) is 5.67. The number of carboxylic acid groups (broad SMARTS) is 1. The van der Waals surface area contributed by atoms with Crippen molar-refractivity contribution in [3.05, 3.63) is 59.7 Å². The maximum absolute atomic E-state index is 12.7. The van der Waals surface area contributed by atoms with Crippen molar-refractivity contribution < 1.29 is 29.0 Å². The number of carbonyl (C=O) groups is 3. The van der Waals surface area contributed by atoms with E-state index >= 15 is 0 Å². The summed E-state index contributed by atoms with van der Waals surface area (Å²) in [7, 11) is 1.39. The molecule has 2 aromatic carbocycles. The van der Waals surface area contributed by atoms with Crippen LogP contribution in [0.4, 0.5) is 4.79 Å². The lowest BCUT2D eigenvalue weighted by molar-refractivity contribution is -0.143. The molecule has 1 aliphatic carbocycles. The minimum absolute atomic E-state index is 0.0945. The van der Waals surface area contributed by atoms with Crippen LogP contribution >= 0.6 is 0 Å². The van der Waals surface area contributed by atoms with Crippen molar-refractivity contribution in [1.29, 1.82) is 0 Å². The first-order valence-corrected chi connectivity index (χ1v) is 10.5. The fourth-order valence-corrected chi connectivity index (χ4v) is 3.96. The van der Waals surface area contributed by atoms with Crippen LogP contribution < -0.4 is 10.6 Å². The molecule has 2 aromatic rings. The van der Waals surface area contributed by atoms with Crippen molar-refractivity contribution in [2.24, 2.45) is 0 Å². The lowest BCUT2D eigenvalue weighted by Crippen LogP contribution is -2.61. The van der Waals surface area contributed by atoms with E-state index < -0.39 is 29.6 Å². The van der Waals surface area contributed by atoms with Crippen molar-refractivity contribution in [1.82, 2.24) is 10.6 Å². The number of hydrogen-bond acceptors (Lipinski definition) is 5. The van der Waals surface area contributed by atoms with Crippen LogP contribution in [0.2, 0.25) is 0 Å². The molecule has 2 amide bonds. The van der Waals surface area contributed by atoms with Crippen LogP contribution in [-0.4, -0.2) is 55.0 Å². The lowest BCUT2D eigenvalue weighted by atomic mass is 9.98. The molecule has 0 saturated heterocycles. The second-order valence-corrected chi connectivity index (χ2v) is 7.99. The molecule has 0 aromatic heterocycles. The van der Waals surface area contributed by atoms with Gasteiger partial charge in [0, 0.05) is 13.0 Å². The highest BCUT2D eigenvalue weighted by Crippen LogP contribution is 2.44. The predicted octanol–water partition coefficient (Wildman–Crippen LogP) is 2.91. The average molecular weight is 440 g/mol. The second-order valence-electron chi connectivity index (χ2n) is 7.99. The normalized spacial score (nSPS) is 15.1. The van der Waals surface area contributed by atoms with E-state index in [1.54, 1.807) is 6.92 Å². The van der Waals surface area contributed by atoms with Gasteiger partial charge in [-0.2, -0.15) is 0 Å². The summed E-state index contributed by atoms with van der Waals surface area (Å²) in [5.74, 6) is -1.93. The van der Waals surface area contributed by atoms with Gasteiger partial charge in [-0.25, -0.2) is 9.59 Å². The number of carbonyl (C=O) groups excluding carboxylic acids is 2. The number of hydrogen-bond donors (Lipinski definition) is 3. The largest absolute Gasteiger partial charge is 0.480 e. The first-order valence-electron chi connectivity index (χ1n) is 10.5. The molecule has 1 aliphatic rings. The van der Waals surface area contributed by atoms with E-state index in [1.165, 1.54) is 14.0 Å². The summed E-state index contributed by atoms with van der Waals surface area (Å²) in [6.45, 7) is 3.05. The molecule has 8 nitrogen and oxygen atoms in total.